The van der Waals surface area contributed by atoms with Gasteiger partial charge in [-0.1, -0.05) is 13.8 Å². The first-order valence-corrected chi connectivity index (χ1v) is 6.55. The minimum Gasteiger partial charge on any atom is -0.381 e. The van der Waals surface area contributed by atoms with Gasteiger partial charge in [-0.15, -0.1) is 0 Å². The molecule has 0 aromatic carbocycles. The van der Waals surface area contributed by atoms with Gasteiger partial charge in [0, 0.05) is 19.9 Å². The lowest BCUT2D eigenvalue weighted by Gasteiger charge is -2.30. The largest absolute Gasteiger partial charge is 0.381 e. The maximum absolute atomic E-state index is 4.31. The van der Waals surface area contributed by atoms with Gasteiger partial charge < -0.3 is 10.2 Å². The highest BCUT2D eigenvalue weighted by molar-refractivity contribution is 5.44. The smallest absolute Gasteiger partial charge is 0.0531 e. The molecule has 1 aliphatic heterocycles. The fraction of sp³-hybridized carbons (Fsp3) is 0.643. The van der Waals surface area contributed by atoms with Crippen LogP contribution in [0.2, 0.25) is 0 Å². The van der Waals surface area contributed by atoms with Crippen LogP contribution in [0.15, 0.2) is 18.5 Å². The van der Waals surface area contributed by atoms with Crippen LogP contribution in [0.25, 0.3) is 0 Å². The van der Waals surface area contributed by atoms with Crippen molar-refractivity contribution in [2.75, 3.05) is 25.5 Å². The number of likely N-dealkylation sites (tertiary alicyclic amines) is 1. The molecule has 3 heteroatoms. The summed E-state index contributed by atoms with van der Waals surface area (Å²) < 4.78 is 0. The quantitative estimate of drug-likeness (QED) is 0.873. The molecule has 0 spiro atoms. The Morgan fingerprint density at radius 1 is 1.35 bits per heavy atom. The third-order valence-electron chi connectivity index (χ3n) is 3.52. The van der Waals surface area contributed by atoms with Gasteiger partial charge in [0.15, 0.2) is 0 Å². The summed E-state index contributed by atoms with van der Waals surface area (Å²) in [5.41, 5.74) is 2.48. The van der Waals surface area contributed by atoms with E-state index in [1.807, 2.05) is 12.4 Å². The van der Waals surface area contributed by atoms with Crippen LogP contribution in [-0.2, 0) is 0 Å². The molecule has 0 saturated carbocycles. The second kappa shape index (κ2) is 5.50. The van der Waals surface area contributed by atoms with Gasteiger partial charge in [0.05, 0.1) is 5.69 Å². The molecule has 1 aromatic heterocycles. The Labute approximate surface area is 106 Å². The number of hydrogen-bond donors (Lipinski definition) is 1. The Morgan fingerprint density at radius 3 is 2.71 bits per heavy atom. The Balaban J connectivity index is 0.00000162. The fourth-order valence-corrected chi connectivity index (χ4v) is 2.24. The van der Waals surface area contributed by atoms with Crippen LogP contribution in [0.4, 0.5) is 5.69 Å². The number of pyridine rings is 1. The van der Waals surface area contributed by atoms with E-state index in [-0.39, 0.29) is 1.43 Å². The maximum Gasteiger partial charge on any atom is 0.0531 e. The molecule has 0 bridgehead atoms. The molecule has 3 nitrogen and oxygen atoms in total. The van der Waals surface area contributed by atoms with Crippen molar-refractivity contribution in [3.8, 4) is 0 Å². The summed E-state index contributed by atoms with van der Waals surface area (Å²) in [4.78, 5) is 6.70. The molecule has 96 valence electrons. The monoisotopic (exact) mass is 235 g/mol. The van der Waals surface area contributed by atoms with E-state index in [2.05, 4.69) is 42.2 Å². The van der Waals surface area contributed by atoms with Gasteiger partial charge in [0.25, 0.3) is 0 Å². The molecule has 1 saturated heterocycles. The van der Waals surface area contributed by atoms with E-state index in [1.165, 1.54) is 37.2 Å². The van der Waals surface area contributed by atoms with E-state index >= 15 is 0 Å². The summed E-state index contributed by atoms with van der Waals surface area (Å²) in [5.74, 6) is 0.543. The maximum atomic E-state index is 4.31. The number of piperidine rings is 1. The highest BCUT2D eigenvalue weighted by Crippen LogP contribution is 2.19. The van der Waals surface area contributed by atoms with Gasteiger partial charge in [-0.2, -0.15) is 0 Å². The molecule has 1 aliphatic rings. The van der Waals surface area contributed by atoms with E-state index < -0.39 is 0 Å². The Kier molecular flexibility index (Phi) is 4.00. The molecule has 2 rings (SSSR count). The molecule has 0 atom stereocenters. The molecule has 0 aliphatic carbocycles. The third-order valence-corrected chi connectivity index (χ3v) is 3.52. The second-order valence-corrected chi connectivity index (χ2v) is 5.38. The Morgan fingerprint density at radius 2 is 2.06 bits per heavy atom. The normalized spacial score (nSPS) is 18.6. The van der Waals surface area contributed by atoms with Gasteiger partial charge >= 0.3 is 0 Å². The topological polar surface area (TPSA) is 28.2 Å². The summed E-state index contributed by atoms with van der Waals surface area (Å²) in [6.45, 7) is 6.79. The number of nitrogens with zero attached hydrogens (tertiary/aromatic N) is 2. The van der Waals surface area contributed by atoms with Gasteiger partial charge in [-0.05, 0) is 50.5 Å². The van der Waals surface area contributed by atoms with E-state index in [4.69, 9.17) is 0 Å². The van der Waals surface area contributed by atoms with E-state index in [0.717, 1.165) is 0 Å². The SMILES string of the molecule is CC(C)c1cncc(NC2CCN(C)CC2)c1.[HH]. The zero-order valence-corrected chi connectivity index (χ0v) is 11.1. The highest BCUT2D eigenvalue weighted by Gasteiger charge is 2.16. The zero-order chi connectivity index (χ0) is 12.3. The van der Waals surface area contributed by atoms with Crippen LogP contribution in [0.1, 0.15) is 39.6 Å². The van der Waals surface area contributed by atoms with Crippen LogP contribution >= 0.6 is 0 Å². The van der Waals surface area contributed by atoms with Crippen molar-refractivity contribution in [2.45, 2.75) is 38.6 Å². The first-order valence-electron chi connectivity index (χ1n) is 6.55. The van der Waals surface area contributed by atoms with E-state index in [0.29, 0.717) is 12.0 Å². The standard InChI is InChI=1S/C14H23N3.H2/c1-11(2)12-8-14(10-15-9-12)16-13-4-6-17(3)7-5-13;/h8-11,13,16H,4-7H2,1-3H3;1H. The first kappa shape index (κ1) is 12.4. The van der Waals surface area contributed by atoms with Gasteiger partial charge in [-0.3, -0.25) is 4.98 Å². The van der Waals surface area contributed by atoms with Crippen molar-refractivity contribution in [3.63, 3.8) is 0 Å². The van der Waals surface area contributed by atoms with Crippen molar-refractivity contribution in [3.05, 3.63) is 24.0 Å². The Hall–Kier alpha value is -1.09. The number of rotatable bonds is 3. The summed E-state index contributed by atoms with van der Waals surface area (Å²) in [5, 5.41) is 3.61. The van der Waals surface area contributed by atoms with Crippen molar-refractivity contribution in [2.24, 2.45) is 0 Å². The van der Waals surface area contributed by atoms with Gasteiger partial charge in [-0.25, -0.2) is 0 Å². The Bertz CT molecular complexity index is 360. The molecule has 2 heterocycles. The van der Waals surface area contributed by atoms with E-state index in [9.17, 15) is 0 Å². The van der Waals surface area contributed by atoms with Crippen LogP contribution in [0, 0.1) is 0 Å². The molecule has 1 aromatic rings. The summed E-state index contributed by atoms with van der Waals surface area (Å²) in [6, 6.07) is 2.84. The molecular weight excluding hydrogens is 210 g/mol. The molecule has 0 amide bonds. The number of nitrogens with one attached hydrogen (secondary N) is 1. The second-order valence-electron chi connectivity index (χ2n) is 5.38. The third kappa shape index (κ3) is 3.43. The minimum absolute atomic E-state index is 0. The zero-order valence-electron chi connectivity index (χ0n) is 11.1. The van der Waals surface area contributed by atoms with Gasteiger partial charge in [0.1, 0.15) is 0 Å². The molecular formula is C14H25N3. The summed E-state index contributed by atoms with van der Waals surface area (Å²) in [6.07, 6.45) is 6.35. The van der Waals surface area contributed by atoms with Crippen molar-refractivity contribution in [1.82, 2.24) is 9.88 Å². The fourth-order valence-electron chi connectivity index (χ4n) is 2.24. The highest BCUT2D eigenvalue weighted by atomic mass is 15.1. The lowest BCUT2D eigenvalue weighted by atomic mass is 10.0. The van der Waals surface area contributed by atoms with Crippen molar-refractivity contribution >= 4 is 5.69 Å². The summed E-state index contributed by atoms with van der Waals surface area (Å²) >= 11 is 0. The number of aromatic nitrogens is 1. The molecule has 0 radical (unpaired) electrons. The van der Waals surface area contributed by atoms with Crippen molar-refractivity contribution in [1.29, 1.82) is 0 Å². The van der Waals surface area contributed by atoms with Crippen LogP contribution < -0.4 is 5.32 Å². The van der Waals surface area contributed by atoms with Crippen LogP contribution in [0.5, 0.6) is 0 Å². The predicted octanol–water partition coefficient (Wildman–Crippen LogP) is 2.96. The predicted molar refractivity (Wildman–Crippen MR) is 74.6 cm³/mol. The average Bonchev–Trinajstić information content (AvgIpc) is 2.32. The van der Waals surface area contributed by atoms with Crippen LogP contribution in [-0.4, -0.2) is 36.1 Å². The van der Waals surface area contributed by atoms with Gasteiger partial charge in [0.2, 0.25) is 0 Å². The summed E-state index contributed by atoms with van der Waals surface area (Å²) in [7, 11) is 2.19. The average molecular weight is 235 g/mol. The molecule has 1 fully saturated rings. The van der Waals surface area contributed by atoms with E-state index in [1.54, 1.807) is 0 Å². The number of anilines is 1. The molecule has 1 N–H and O–H groups in total. The molecule has 0 unspecified atom stereocenters. The lowest BCUT2D eigenvalue weighted by Crippen LogP contribution is -2.36. The van der Waals surface area contributed by atoms with Crippen molar-refractivity contribution < 1.29 is 1.43 Å². The first-order chi connectivity index (χ1) is 8.15. The minimum atomic E-state index is 0. The molecule has 17 heavy (non-hydrogen) atoms. The number of hydrogen-bond acceptors (Lipinski definition) is 3. The lowest BCUT2D eigenvalue weighted by molar-refractivity contribution is 0.264. The van der Waals surface area contributed by atoms with Crippen LogP contribution in [0.3, 0.4) is 0 Å².